The van der Waals surface area contributed by atoms with Crippen molar-refractivity contribution in [3.63, 3.8) is 0 Å². The van der Waals surface area contributed by atoms with Gasteiger partial charge in [0.1, 0.15) is 13.2 Å². The van der Waals surface area contributed by atoms with E-state index in [2.05, 4.69) is 179 Å². The van der Waals surface area contributed by atoms with Crippen LogP contribution in [-0.4, -0.2) is 37.2 Å². The number of rotatable bonds is 56. The summed E-state index contributed by atoms with van der Waals surface area (Å²) in [6.45, 7) is 6.36. The van der Waals surface area contributed by atoms with Gasteiger partial charge >= 0.3 is 17.9 Å². The fourth-order valence-electron chi connectivity index (χ4n) is 8.31. The lowest BCUT2D eigenvalue weighted by atomic mass is 10.0. The van der Waals surface area contributed by atoms with Gasteiger partial charge in [0.25, 0.3) is 0 Å². The molecule has 6 heteroatoms. The Morgan fingerprint density at radius 1 is 0.266 bits per heavy atom. The van der Waals surface area contributed by atoms with Crippen LogP contribution in [0.15, 0.2) is 158 Å². The number of hydrogen-bond acceptors (Lipinski definition) is 6. The van der Waals surface area contributed by atoms with Crippen LogP contribution < -0.4 is 0 Å². The van der Waals surface area contributed by atoms with E-state index in [4.69, 9.17) is 14.2 Å². The predicted octanol–water partition coefficient (Wildman–Crippen LogP) is 22.1. The van der Waals surface area contributed by atoms with Crippen molar-refractivity contribution in [1.29, 1.82) is 0 Å². The molecule has 1 unspecified atom stereocenters. The normalized spacial score (nSPS) is 13.2. The molecule has 0 rings (SSSR count). The van der Waals surface area contributed by atoms with Crippen molar-refractivity contribution >= 4 is 17.9 Å². The lowest BCUT2D eigenvalue weighted by Crippen LogP contribution is -2.30. The molecule has 0 saturated heterocycles. The van der Waals surface area contributed by atoms with Gasteiger partial charge in [0.05, 0.1) is 0 Å². The molecule has 0 aliphatic rings. The van der Waals surface area contributed by atoms with Crippen molar-refractivity contribution in [3.05, 3.63) is 158 Å². The minimum absolute atomic E-state index is 0.101. The number of unbranched alkanes of at least 4 members (excludes halogenated alkanes) is 19. The topological polar surface area (TPSA) is 78.9 Å². The molecule has 79 heavy (non-hydrogen) atoms. The van der Waals surface area contributed by atoms with Crippen molar-refractivity contribution in [2.75, 3.05) is 13.2 Å². The summed E-state index contributed by atoms with van der Waals surface area (Å²) in [5.74, 6) is -0.961. The van der Waals surface area contributed by atoms with Gasteiger partial charge in [0, 0.05) is 19.3 Å². The van der Waals surface area contributed by atoms with Crippen molar-refractivity contribution in [2.24, 2.45) is 0 Å². The summed E-state index contributed by atoms with van der Waals surface area (Å²) in [7, 11) is 0. The van der Waals surface area contributed by atoms with Gasteiger partial charge in [0.15, 0.2) is 6.10 Å². The van der Waals surface area contributed by atoms with Gasteiger partial charge in [-0.05, 0) is 128 Å². The highest BCUT2D eigenvalue weighted by Gasteiger charge is 2.19. The van der Waals surface area contributed by atoms with Gasteiger partial charge in [-0.1, -0.05) is 275 Å². The summed E-state index contributed by atoms with van der Waals surface area (Å²) in [5, 5.41) is 0. The van der Waals surface area contributed by atoms with Gasteiger partial charge in [-0.15, -0.1) is 0 Å². The second-order valence-electron chi connectivity index (χ2n) is 20.6. The minimum Gasteiger partial charge on any atom is -0.462 e. The van der Waals surface area contributed by atoms with E-state index in [1.807, 2.05) is 0 Å². The number of esters is 3. The van der Waals surface area contributed by atoms with Crippen molar-refractivity contribution in [2.45, 2.75) is 271 Å². The van der Waals surface area contributed by atoms with E-state index in [1.54, 1.807) is 0 Å². The average molecular weight is 1090 g/mol. The largest absolute Gasteiger partial charge is 0.462 e. The highest BCUT2D eigenvalue weighted by molar-refractivity contribution is 5.71. The smallest absolute Gasteiger partial charge is 0.306 e. The van der Waals surface area contributed by atoms with E-state index in [1.165, 1.54) is 64.2 Å². The Bertz CT molecular complexity index is 1780. The maximum atomic E-state index is 12.8. The van der Waals surface area contributed by atoms with Gasteiger partial charge < -0.3 is 14.2 Å². The Labute approximate surface area is 486 Å². The SMILES string of the molecule is CC/C=C\C/C=C\C/C=C\C/C=C\C/C=C\C/C=C\C/C=C\C/C=C\C/C=C\C/C=C\CCCCCCC(=O)OCC(COC(=O)CCCCCCCCCCCCCCC)OC(=O)CCCCC/C=C\C/C=C\C/C=C\CC. The summed E-state index contributed by atoms with van der Waals surface area (Å²) < 4.78 is 16.8. The Hall–Kier alpha value is -4.97. The van der Waals surface area contributed by atoms with Gasteiger partial charge in [-0.3, -0.25) is 14.4 Å². The molecule has 0 saturated carbocycles. The average Bonchev–Trinajstić information content (AvgIpc) is 3.45. The molecule has 0 aromatic rings. The van der Waals surface area contributed by atoms with E-state index in [9.17, 15) is 14.4 Å². The molecule has 444 valence electrons. The van der Waals surface area contributed by atoms with Crippen LogP contribution in [0.1, 0.15) is 265 Å². The third-order valence-electron chi connectivity index (χ3n) is 13.0. The molecule has 0 aromatic carbocycles. The van der Waals surface area contributed by atoms with Crippen LogP contribution in [0, 0.1) is 0 Å². The molecule has 0 aromatic heterocycles. The second-order valence-corrected chi connectivity index (χ2v) is 20.6. The fourth-order valence-corrected chi connectivity index (χ4v) is 8.31. The monoisotopic (exact) mass is 1090 g/mol. The van der Waals surface area contributed by atoms with E-state index in [0.29, 0.717) is 12.8 Å². The Morgan fingerprint density at radius 2 is 0.494 bits per heavy atom. The molecule has 0 heterocycles. The number of hydrogen-bond donors (Lipinski definition) is 0. The minimum atomic E-state index is -0.809. The van der Waals surface area contributed by atoms with Crippen molar-refractivity contribution in [3.8, 4) is 0 Å². The molecule has 0 aliphatic carbocycles. The molecule has 0 N–H and O–H groups in total. The third-order valence-corrected chi connectivity index (χ3v) is 13.0. The first-order valence-electron chi connectivity index (χ1n) is 32.0. The first kappa shape index (κ1) is 74.0. The lowest BCUT2D eigenvalue weighted by Gasteiger charge is -2.18. The van der Waals surface area contributed by atoms with Gasteiger partial charge in [-0.2, -0.15) is 0 Å². The summed E-state index contributed by atoms with van der Waals surface area (Å²) >= 11 is 0. The Kier molecular flexibility index (Phi) is 61.4. The summed E-state index contributed by atoms with van der Waals surface area (Å²) in [6, 6.07) is 0. The van der Waals surface area contributed by atoms with Gasteiger partial charge in [-0.25, -0.2) is 0 Å². The van der Waals surface area contributed by atoms with Crippen LogP contribution in [0.3, 0.4) is 0 Å². The summed E-state index contributed by atoms with van der Waals surface area (Å²) in [5.41, 5.74) is 0. The van der Waals surface area contributed by atoms with Gasteiger partial charge in [0.2, 0.25) is 0 Å². The molecule has 0 fully saturated rings. The molecule has 0 amide bonds. The zero-order valence-electron chi connectivity index (χ0n) is 50.8. The van der Waals surface area contributed by atoms with Crippen LogP contribution in [0.2, 0.25) is 0 Å². The molecule has 0 spiro atoms. The lowest BCUT2D eigenvalue weighted by molar-refractivity contribution is -0.167. The third kappa shape index (κ3) is 63.7. The molecule has 0 radical (unpaired) electrons. The van der Waals surface area contributed by atoms with Crippen LogP contribution in [-0.2, 0) is 28.6 Å². The fraction of sp³-hybridized carbons (Fsp3) is 0.603. The van der Waals surface area contributed by atoms with E-state index in [-0.39, 0.29) is 37.5 Å². The highest BCUT2D eigenvalue weighted by atomic mass is 16.6. The first-order chi connectivity index (χ1) is 39.0. The maximum absolute atomic E-state index is 12.8. The maximum Gasteiger partial charge on any atom is 0.306 e. The number of carbonyl (C=O) groups excluding carboxylic acids is 3. The zero-order valence-corrected chi connectivity index (χ0v) is 50.8. The van der Waals surface area contributed by atoms with Crippen LogP contribution in [0.5, 0.6) is 0 Å². The van der Waals surface area contributed by atoms with Crippen LogP contribution >= 0.6 is 0 Å². The van der Waals surface area contributed by atoms with E-state index < -0.39 is 6.10 Å². The number of allylic oxidation sites excluding steroid dienone is 26. The molecular formula is C73H116O6. The Balaban J connectivity index is 4.31. The molecule has 1 atom stereocenters. The summed E-state index contributed by atoms with van der Waals surface area (Å²) in [6.07, 6.45) is 95.4. The first-order valence-corrected chi connectivity index (χ1v) is 32.0. The molecular weight excluding hydrogens is 973 g/mol. The number of ether oxygens (including phenoxy) is 3. The Morgan fingerprint density at radius 3 is 0.785 bits per heavy atom. The zero-order chi connectivity index (χ0) is 57.1. The van der Waals surface area contributed by atoms with Crippen molar-refractivity contribution < 1.29 is 28.6 Å². The summed E-state index contributed by atoms with van der Waals surface area (Å²) in [4.78, 5) is 38.2. The molecule has 0 bridgehead atoms. The van der Waals surface area contributed by atoms with E-state index in [0.717, 1.165) is 161 Å². The number of carbonyl (C=O) groups is 3. The molecule has 6 nitrogen and oxygen atoms in total. The van der Waals surface area contributed by atoms with Crippen molar-refractivity contribution in [1.82, 2.24) is 0 Å². The van der Waals surface area contributed by atoms with Crippen LogP contribution in [0.4, 0.5) is 0 Å². The standard InChI is InChI=1S/C73H116O6/c1-4-7-10-13-16-19-22-25-26-27-28-29-30-31-32-33-34-35-36-37-38-39-40-41-42-43-44-45-46-49-51-54-57-60-63-66-72(75)78-69-70(79-73(76)67-64-61-58-55-52-48-24-21-18-15-12-9-6-3)68-77-71(74)65-62-59-56-53-50-47-23-20-17-14-11-8-5-2/h7,9-10,12,16,18-19,21,25-26,28-29,31-32,34-35,37-38,40-41,43-44,46,48-49,52,70H,4-6,8,11,13-15,17,20,22-24,27,30,33,36,39,42,45,47,50-51,53-69H2,1-3H3/b10-7-,12-9-,19-16-,21-18-,26-25-,29-28-,32-31-,35-34-,38-37-,41-40-,44-43-,49-46-,52-48-. The molecule has 0 aliphatic heterocycles. The second kappa shape index (κ2) is 65.5. The van der Waals surface area contributed by atoms with E-state index >= 15 is 0 Å². The highest BCUT2D eigenvalue weighted by Crippen LogP contribution is 2.15. The quantitative estimate of drug-likeness (QED) is 0.0261. The predicted molar refractivity (Wildman–Crippen MR) is 343 cm³/mol. The van der Waals surface area contributed by atoms with Crippen LogP contribution in [0.25, 0.3) is 0 Å².